The van der Waals surface area contributed by atoms with E-state index in [1.54, 1.807) is 5.57 Å². The van der Waals surface area contributed by atoms with Crippen LogP contribution >= 0.6 is 0 Å². The van der Waals surface area contributed by atoms with Gasteiger partial charge in [0.1, 0.15) is 0 Å². The van der Waals surface area contributed by atoms with Crippen molar-refractivity contribution < 1.29 is 0 Å². The third-order valence-electron chi connectivity index (χ3n) is 5.29. The van der Waals surface area contributed by atoms with Crippen LogP contribution in [0.3, 0.4) is 0 Å². The number of hydrogen-bond donors (Lipinski definition) is 0. The Morgan fingerprint density at radius 3 is 2.58 bits per heavy atom. The number of allylic oxidation sites excluding steroid dienone is 4. The molecule has 1 atom stereocenters. The molecule has 0 heterocycles. The van der Waals surface area contributed by atoms with Crippen LogP contribution in [-0.2, 0) is 0 Å². The van der Waals surface area contributed by atoms with Crippen LogP contribution in [0.5, 0.6) is 0 Å². The summed E-state index contributed by atoms with van der Waals surface area (Å²) >= 11 is 0. The summed E-state index contributed by atoms with van der Waals surface area (Å²) in [6, 6.07) is 15.6. The monoisotopic (exact) mass is 316 g/mol. The molecule has 0 saturated carbocycles. The van der Waals surface area contributed by atoms with Crippen molar-refractivity contribution in [3.63, 3.8) is 0 Å². The van der Waals surface area contributed by atoms with Gasteiger partial charge in [-0.25, -0.2) is 0 Å². The van der Waals surface area contributed by atoms with Crippen molar-refractivity contribution in [1.29, 1.82) is 0 Å². The summed E-state index contributed by atoms with van der Waals surface area (Å²) in [4.78, 5) is 0. The Balaban J connectivity index is 2.24. The van der Waals surface area contributed by atoms with Gasteiger partial charge in [-0.1, -0.05) is 79.6 Å². The van der Waals surface area contributed by atoms with E-state index in [4.69, 9.17) is 0 Å². The molecule has 0 radical (unpaired) electrons. The van der Waals surface area contributed by atoms with Crippen molar-refractivity contribution in [2.45, 2.75) is 47.0 Å². The highest BCUT2D eigenvalue weighted by atomic mass is 14.2. The van der Waals surface area contributed by atoms with Gasteiger partial charge in [0, 0.05) is 0 Å². The molecule has 0 N–H and O–H groups in total. The van der Waals surface area contributed by atoms with E-state index in [2.05, 4.69) is 82.3 Å². The zero-order chi connectivity index (χ0) is 17.1. The third-order valence-corrected chi connectivity index (χ3v) is 5.29. The van der Waals surface area contributed by atoms with E-state index in [9.17, 15) is 0 Å². The summed E-state index contributed by atoms with van der Waals surface area (Å²) < 4.78 is 0. The van der Waals surface area contributed by atoms with Crippen molar-refractivity contribution >= 4 is 5.57 Å². The van der Waals surface area contributed by atoms with E-state index in [0.717, 1.165) is 0 Å². The van der Waals surface area contributed by atoms with Gasteiger partial charge >= 0.3 is 0 Å². The molecule has 3 rings (SSSR count). The van der Waals surface area contributed by atoms with Gasteiger partial charge in [-0.3, -0.25) is 0 Å². The van der Waals surface area contributed by atoms with Gasteiger partial charge in [0.05, 0.1) is 0 Å². The molecule has 0 nitrogen and oxygen atoms in total. The van der Waals surface area contributed by atoms with Gasteiger partial charge in [-0.05, 0) is 66.9 Å². The van der Waals surface area contributed by atoms with Crippen molar-refractivity contribution in [3.05, 3.63) is 76.9 Å². The lowest BCUT2D eigenvalue weighted by molar-refractivity contribution is 0.625. The first-order valence-corrected chi connectivity index (χ1v) is 9.18. The Labute approximate surface area is 146 Å². The molecule has 2 aromatic rings. The molecule has 1 unspecified atom stereocenters. The lowest BCUT2D eigenvalue weighted by Crippen LogP contribution is -2.06. The first-order chi connectivity index (χ1) is 11.6. The molecule has 0 aromatic heterocycles. The summed E-state index contributed by atoms with van der Waals surface area (Å²) in [5, 5.41) is 0. The highest BCUT2D eigenvalue weighted by Gasteiger charge is 2.19. The molecule has 1 aliphatic carbocycles. The number of benzene rings is 2. The van der Waals surface area contributed by atoms with E-state index in [1.807, 2.05) is 0 Å². The molecule has 0 bridgehead atoms. The van der Waals surface area contributed by atoms with Crippen molar-refractivity contribution in [2.75, 3.05) is 0 Å². The van der Waals surface area contributed by atoms with Gasteiger partial charge in [0.25, 0.3) is 0 Å². The quantitative estimate of drug-likeness (QED) is 0.563. The predicted molar refractivity (Wildman–Crippen MR) is 106 cm³/mol. The minimum Gasteiger partial charge on any atom is -0.0836 e. The third kappa shape index (κ3) is 3.24. The van der Waals surface area contributed by atoms with E-state index in [-0.39, 0.29) is 0 Å². The van der Waals surface area contributed by atoms with Gasteiger partial charge in [0.2, 0.25) is 0 Å². The van der Waals surface area contributed by atoms with Gasteiger partial charge in [-0.15, -0.1) is 0 Å². The molecule has 2 aromatic carbocycles. The summed E-state index contributed by atoms with van der Waals surface area (Å²) in [6.07, 6.45) is 8.29. The predicted octanol–water partition coefficient (Wildman–Crippen LogP) is 7.12. The smallest absolute Gasteiger partial charge is 0.00766 e. The minimum absolute atomic E-state index is 0.648. The molecule has 0 amide bonds. The van der Waals surface area contributed by atoms with Crippen LogP contribution in [0, 0.1) is 19.8 Å². The van der Waals surface area contributed by atoms with Crippen LogP contribution in [0.4, 0.5) is 0 Å². The van der Waals surface area contributed by atoms with Crippen LogP contribution in [-0.4, -0.2) is 0 Å². The molecular formula is C24H28. The molecule has 0 aliphatic heterocycles. The molecule has 124 valence electrons. The van der Waals surface area contributed by atoms with E-state index < -0.39 is 0 Å². The Hall–Kier alpha value is -2.08. The fourth-order valence-corrected chi connectivity index (χ4v) is 3.76. The van der Waals surface area contributed by atoms with Crippen LogP contribution in [0.1, 0.15) is 49.8 Å². The normalized spacial score (nSPS) is 15.7. The second-order valence-corrected chi connectivity index (χ2v) is 7.06. The van der Waals surface area contributed by atoms with Crippen LogP contribution < -0.4 is 0 Å². The number of hydrogen-bond acceptors (Lipinski definition) is 0. The second-order valence-electron chi connectivity index (χ2n) is 7.06. The second kappa shape index (κ2) is 7.21. The molecule has 0 fully saturated rings. The average Bonchev–Trinajstić information content (AvgIpc) is 2.61. The van der Waals surface area contributed by atoms with Crippen molar-refractivity contribution in [3.8, 4) is 11.1 Å². The fraction of sp³-hybridized carbons (Fsp3) is 0.333. The van der Waals surface area contributed by atoms with Gasteiger partial charge < -0.3 is 0 Å². The first-order valence-electron chi connectivity index (χ1n) is 9.18. The van der Waals surface area contributed by atoms with Crippen molar-refractivity contribution in [1.82, 2.24) is 0 Å². The maximum absolute atomic E-state index is 2.37. The summed E-state index contributed by atoms with van der Waals surface area (Å²) in [5.74, 6) is 0.648. The fourth-order valence-electron chi connectivity index (χ4n) is 3.76. The molecule has 0 saturated heterocycles. The Morgan fingerprint density at radius 2 is 1.83 bits per heavy atom. The highest BCUT2D eigenvalue weighted by Crippen LogP contribution is 2.39. The zero-order valence-electron chi connectivity index (χ0n) is 15.4. The molecule has 24 heavy (non-hydrogen) atoms. The molecular weight excluding hydrogens is 288 g/mol. The lowest BCUT2D eigenvalue weighted by atomic mass is 9.80. The van der Waals surface area contributed by atoms with Crippen molar-refractivity contribution in [2.24, 2.45) is 5.92 Å². The Kier molecular flexibility index (Phi) is 5.04. The topological polar surface area (TPSA) is 0 Å². The molecule has 1 aliphatic rings. The summed E-state index contributed by atoms with van der Waals surface area (Å²) in [7, 11) is 0. The van der Waals surface area contributed by atoms with Crippen LogP contribution in [0.2, 0.25) is 0 Å². The van der Waals surface area contributed by atoms with Crippen LogP contribution in [0.25, 0.3) is 16.7 Å². The first kappa shape index (κ1) is 16.8. The standard InChI is InChI=1S/C24H28/c1-5-18(3)21-13-6-7-14-23(21)24-19(4)11-9-15-22(24)20-12-8-10-17(2)16-20/h7-12,14-16,18H,5-6,13H2,1-4H3. The Morgan fingerprint density at radius 1 is 1.04 bits per heavy atom. The zero-order valence-corrected chi connectivity index (χ0v) is 15.4. The highest BCUT2D eigenvalue weighted by molar-refractivity contribution is 5.89. The van der Waals surface area contributed by atoms with E-state index in [1.165, 1.54) is 52.7 Å². The van der Waals surface area contributed by atoms with Crippen LogP contribution in [0.15, 0.2) is 60.2 Å². The minimum atomic E-state index is 0.648. The lowest BCUT2D eigenvalue weighted by Gasteiger charge is -2.24. The van der Waals surface area contributed by atoms with E-state index in [0.29, 0.717) is 5.92 Å². The SMILES string of the molecule is CCC(C)C1=C(c2c(C)cccc2-c2cccc(C)c2)C=CCC1. The van der Waals surface area contributed by atoms with E-state index >= 15 is 0 Å². The number of aryl methyl sites for hydroxylation is 2. The average molecular weight is 316 g/mol. The number of rotatable bonds is 4. The summed E-state index contributed by atoms with van der Waals surface area (Å²) in [5.41, 5.74) is 9.89. The molecule has 0 spiro atoms. The maximum Gasteiger partial charge on any atom is -0.00766 e. The molecule has 0 heteroatoms. The summed E-state index contributed by atoms with van der Waals surface area (Å²) in [6.45, 7) is 9.09. The maximum atomic E-state index is 2.37. The Bertz CT molecular complexity index is 789. The van der Waals surface area contributed by atoms with Gasteiger partial charge in [-0.2, -0.15) is 0 Å². The van der Waals surface area contributed by atoms with Gasteiger partial charge in [0.15, 0.2) is 0 Å². The largest absolute Gasteiger partial charge is 0.0836 e.